The number of hydrogen-bond donors (Lipinski definition) is 2. The summed E-state index contributed by atoms with van der Waals surface area (Å²) in [5.41, 5.74) is 0.867. The Kier molecular flexibility index (Phi) is 5.12. The van der Waals surface area contributed by atoms with Gasteiger partial charge in [0.05, 0.1) is 12.2 Å². The number of aryl methyl sites for hydroxylation is 1. The molecule has 0 spiro atoms. The Morgan fingerprint density at radius 1 is 1.08 bits per heavy atom. The number of hydrogen-bond acceptors (Lipinski definition) is 5. The first kappa shape index (κ1) is 17.4. The smallest absolute Gasteiger partial charge is 0.270 e. The van der Waals surface area contributed by atoms with Gasteiger partial charge in [-0.1, -0.05) is 12.1 Å². The molecule has 0 atom stereocenters. The minimum absolute atomic E-state index is 0.0722. The van der Waals surface area contributed by atoms with Crippen molar-refractivity contribution in [1.82, 2.24) is 20.3 Å². The first-order chi connectivity index (χ1) is 12.5. The number of para-hydroxylation sites is 1. The fourth-order valence-electron chi connectivity index (χ4n) is 2.23. The highest BCUT2D eigenvalue weighted by atomic mass is 19.1. The van der Waals surface area contributed by atoms with E-state index in [9.17, 15) is 13.6 Å². The van der Waals surface area contributed by atoms with Crippen LogP contribution in [-0.4, -0.2) is 20.9 Å². The summed E-state index contributed by atoms with van der Waals surface area (Å²) in [4.78, 5) is 24.5. The van der Waals surface area contributed by atoms with Crippen LogP contribution >= 0.6 is 0 Å². The predicted molar refractivity (Wildman–Crippen MR) is 91.8 cm³/mol. The monoisotopic (exact) mass is 355 g/mol. The number of carbonyl (C=O) groups excluding carboxylic acids is 1. The van der Waals surface area contributed by atoms with Crippen molar-refractivity contribution in [2.45, 2.75) is 13.5 Å². The molecule has 0 saturated heterocycles. The Morgan fingerprint density at radius 2 is 1.85 bits per heavy atom. The molecule has 26 heavy (non-hydrogen) atoms. The Balaban J connectivity index is 1.78. The third-order valence-electron chi connectivity index (χ3n) is 3.44. The van der Waals surface area contributed by atoms with E-state index in [1.807, 2.05) is 6.07 Å². The Hall–Kier alpha value is -3.42. The zero-order chi connectivity index (χ0) is 18.5. The maximum absolute atomic E-state index is 13.8. The molecule has 3 rings (SSSR count). The van der Waals surface area contributed by atoms with Crippen molar-refractivity contribution in [2.24, 2.45) is 0 Å². The van der Waals surface area contributed by atoms with Crippen LogP contribution in [0.1, 0.15) is 21.9 Å². The molecule has 2 aromatic heterocycles. The number of anilines is 2. The van der Waals surface area contributed by atoms with E-state index >= 15 is 0 Å². The predicted octanol–water partition coefficient (Wildman–Crippen LogP) is 3.13. The second kappa shape index (κ2) is 7.64. The second-order valence-corrected chi connectivity index (χ2v) is 5.44. The molecular formula is C18H15F2N5O. The van der Waals surface area contributed by atoms with Crippen LogP contribution in [0.5, 0.6) is 0 Å². The van der Waals surface area contributed by atoms with Crippen LogP contribution in [0.3, 0.4) is 0 Å². The highest BCUT2D eigenvalue weighted by molar-refractivity contribution is 5.92. The number of nitrogens with one attached hydrogen (secondary N) is 2. The fraction of sp³-hybridized carbons (Fsp3) is 0.111. The van der Waals surface area contributed by atoms with E-state index in [4.69, 9.17) is 0 Å². The zero-order valence-corrected chi connectivity index (χ0v) is 13.8. The van der Waals surface area contributed by atoms with Crippen molar-refractivity contribution in [2.75, 3.05) is 5.32 Å². The molecule has 2 heterocycles. The van der Waals surface area contributed by atoms with Crippen LogP contribution in [0, 0.1) is 18.6 Å². The van der Waals surface area contributed by atoms with E-state index in [-0.39, 0.29) is 23.9 Å². The van der Waals surface area contributed by atoms with E-state index in [1.165, 1.54) is 12.1 Å². The first-order valence-corrected chi connectivity index (χ1v) is 7.78. The SMILES string of the molecule is Cc1cc(C(=O)NCc2ccccn2)nc(Nc2c(F)cccc2F)n1. The van der Waals surface area contributed by atoms with Gasteiger partial charge in [-0.2, -0.15) is 0 Å². The summed E-state index contributed by atoms with van der Waals surface area (Å²) >= 11 is 0. The highest BCUT2D eigenvalue weighted by Gasteiger charge is 2.14. The second-order valence-electron chi connectivity index (χ2n) is 5.44. The Labute approximate surface area is 148 Å². The number of carbonyl (C=O) groups is 1. The lowest BCUT2D eigenvalue weighted by Gasteiger charge is -2.10. The molecule has 8 heteroatoms. The van der Waals surface area contributed by atoms with E-state index in [2.05, 4.69) is 25.6 Å². The summed E-state index contributed by atoms with van der Waals surface area (Å²) in [5.74, 6) is -2.08. The van der Waals surface area contributed by atoms with Gasteiger partial charge in [0.2, 0.25) is 5.95 Å². The summed E-state index contributed by atoms with van der Waals surface area (Å²) in [6.45, 7) is 1.88. The highest BCUT2D eigenvalue weighted by Crippen LogP contribution is 2.21. The summed E-state index contributed by atoms with van der Waals surface area (Å²) < 4.78 is 27.5. The third kappa shape index (κ3) is 4.15. The molecular weight excluding hydrogens is 340 g/mol. The van der Waals surface area contributed by atoms with Crippen LogP contribution in [0.2, 0.25) is 0 Å². The van der Waals surface area contributed by atoms with Gasteiger partial charge in [0.25, 0.3) is 5.91 Å². The van der Waals surface area contributed by atoms with Gasteiger partial charge in [-0.05, 0) is 37.3 Å². The van der Waals surface area contributed by atoms with Crippen molar-refractivity contribution in [3.63, 3.8) is 0 Å². The van der Waals surface area contributed by atoms with Crippen LogP contribution in [0.15, 0.2) is 48.7 Å². The third-order valence-corrected chi connectivity index (χ3v) is 3.44. The molecule has 0 aliphatic carbocycles. The van der Waals surface area contributed by atoms with Crippen LogP contribution in [-0.2, 0) is 6.54 Å². The van der Waals surface area contributed by atoms with Crippen LogP contribution in [0.25, 0.3) is 0 Å². The topological polar surface area (TPSA) is 79.8 Å². The molecule has 6 nitrogen and oxygen atoms in total. The molecule has 2 N–H and O–H groups in total. The molecule has 1 amide bonds. The van der Waals surface area contributed by atoms with Gasteiger partial charge in [-0.3, -0.25) is 9.78 Å². The van der Waals surface area contributed by atoms with Gasteiger partial charge in [-0.15, -0.1) is 0 Å². The summed E-state index contributed by atoms with van der Waals surface area (Å²) in [5, 5.41) is 5.17. The number of aromatic nitrogens is 3. The van der Waals surface area contributed by atoms with Crippen molar-refractivity contribution in [3.05, 3.63) is 77.4 Å². The zero-order valence-electron chi connectivity index (χ0n) is 13.8. The number of benzene rings is 1. The van der Waals surface area contributed by atoms with Crippen molar-refractivity contribution < 1.29 is 13.6 Å². The standard InChI is InChI=1S/C18H15F2N5O/c1-11-9-15(17(26)22-10-12-5-2-3-8-21-12)24-18(23-11)25-16-13(19)6-4-7-14(16)20/h2-9H,10H2,1H3,(H,22,26)(H,23,24,25). The first-order valence-electron chi connectivity index (χ1n) is 7.78. The molecule has 3 aromatic rings. The fourth-order valence-corrected chi connectivity index (χ4v) is 2.23. The molecule has 0 saturated carbocycles. The Morgan fingerprint density at radius 3 is 2.54 bits per heavy atom. The van der Waals surface area contributed by atoms with Gasteiger partial charge in [0.1, 0.15) is 23.0 Å². The van der Waals surface area contributed by atoms with Gasteiger partial charge in [0, 0.05) is 11.9 Å². The number of rotatable bonds is 5. The summed E-state index contributed by atoms with van der Waals surface area (Å²) in [6, 6.07) is 10.3. The Bertz CT molecular complexity index is 914. The average molecular weight is 355 g/mol. The molecule has 0 radical (unpaired) electrons. The lowest BCUT2D eigenvalue weighted by molar-refractivity contribution is 0.0945. The summed E-state index contributed by atoms with van der Waals surface area (Å²) in [7, 11) is 0. The molecule has 0 unspecified atom stereocenters. The minimum Gasteiger partial charge on any atom is -0.345 e. The van der Waals surface area contributed by atoms with Crippen LogP contribution < -0.4 is 10.6 Å². The number of amides is 1. The lowest BCUT2D eigenvalue weighted by atomic mass is 10.3. The molecule has 0 fully saturated rings. The maximum atomic E-state index is 13.8. The van der Waals surface area contributed by atoms with Gasteiger partial charge >= 0.3 is 0 Å². The molecule has 0 aliphatic heterocycles. The number of pyridine rings is 1. The normalized spacial score (nSPS) is 10.4. The number of nitrogens with zero attached hydrogens (tertiary/aromatic N) is 3. The van der Waals surface area contributed by atoms with Gasteiger partial charge in [-0.25, -0.2) is 18.7 Å². The van der Waals surface area contributed by atoms with Crippen molar-refractivity contribution in [1.29, 1.82) is 0 Å². The molecule has 1 aromatic carbocycles. The largest absolute Gasteiger partial charge is 0.345 e. The minimum atomic E-state index is -0.781. The maximum Gasteiger partial charge on any atom is 0.270 e. The molecule has 0 aliphatic rings. The molecule has 0 bridgehead atoms. The van der Waals surface area contributed by atoms with Crippen LogP contribution in [0.4, 0.5) is 20.4 Å². The van der Waals surface area contributed by atoms with Crippen molar-refractivity contribution in [3.8, 4) is 0 Å². The average Bonchev–Trinajstić information content (AvgIpc) is 2.63. The van der Waals surface area contributed by atoms with Gasteiger partial charge in [0.15, 0.2) is 0 Å². The van der Waals surface area contributed by atoms with Gasteiger partial charge < -0.3 is 10.6 Å². The molecule has 132 valence electrons. The summed E-state index contributed by atoms with van der Waals surface area (Å²) in [6.07, 6.45) is 1.63. The van der Waals surface area contributed by atoms with E-state index < -0.39 is 17.5 Å². The van der Waals surface area contributed by atoms with Crippen molar-refractivity contribution >= 4 is 17.5 Å². The van der Waals surface area contributed by atoms with E-state index in [1.54, 1.807) is 25.3 Å². The quantitative estimate of drug-likeness (QED) is 0.735. The lowest BCUT2D eigenvalue weighted by Crippen LogP contribution is -2.25. The van der Waals surface area contributed by atoms with E-state index in [0.29, 0.717) is 11.4 Å². The van der Waals surface area contributed by atoms with E-state index in [0.717, 1.165) is 12.1 Å². The number of halogens is 2.